The summed E-state index contributed by atoms with van der Waals surface area (Å²) in [7, 11) is 0. The molecule has 4 heteroatoms. The van der Waals surface area contributed by atoms with Crippen LogP contribution in [0, 0.1) is 0 Å². The van der Waals surface area contributed by atoms with E-state index in [-0.39, 0.29) is 6.09 Å². The van der Waals surface area contributed by atoms with Crippen LogP contribution in [0.4, 0.5) is 4.79 Å². The maximum Gasteiger partial charge on any atom is 0.410 e. The molecule has 0 aromatic heterocycles. The minimum atomic E-state index is -0.427. The SMILES string of the molecule is CCCCNC1=C(C)CN(C(=O)OC(C)(C)C)C1. The fourth-order valence-corrected chi connectivity index (χ4v) is 1.84. The Morgan fingerprint density at radius 1 is 1.39 bits per heavy atom. The molecule has 1 aliphatic rings. The Kier molecular flexibility index (Phi) is 5.05. The van der Waals surface area contributed by atoms with Gasteiger partial charge in [0.15, 0.2) is 0 Å². The van der Waals surface area contributed by atoms with Crippen molar-refractivity contribution in [2.45, 2.75) is 53.1 Å². The molecule has 0 fully saturated rings. The molecule has 0 aliphatic carbocycles. The van der Waals surface area contributed by atoms with Crippen LogP contribution in [0.2, 0.25) is 0 Å². The molecule has 1 rings (SSSR count). The van der Waals surface area contributed by atoms with Gasteiger partial charge in [0.2, 0.25) is 0 Å². The van der Waals surface area contributed by atoms with Crippen molar-refractivity contribution in [1.29, 1.82) is 0 Å². The Labute approximate surface area is 110 Å². The van der Waals surface area contributed by atoms with Crippen LogP contribution in [0.25, 0.3) is 0 Å². The summed E-state index contributed by atoms with van der Waals surface area (Å²) >= 11 is 0. The van der Waals surface area contributed by atoms with Gasteiger partial charge in [-0.25, -0.2) is 4.79 Å². The molecule has 0 saturated carbocycles. The second-order valence-electron chi connectivity index (χ2n) is 5.88. The first kappa shape index (κ1) is 14.9. The number of hydrogen-bond acceptors (Lipinski definition) is 3. The molecule has 0 unspecified atom stereocenters. The van der Waals surface area contributed by atoms with E-state index in [0.717, 1.165) is 13.0 Å². The second-order valence-corrected chi connectivity index (χ2v) is 5.88. The van der Waals surface area contributed by atoms with Crippen molar-refractivity contribution in [2.24, 2.45) is 0 Å². The van der Waals surface area contributed by atoms with Gasteiger partial charge in [0, 0.05) is 18.8 Å². The number of carbonyl (C=O) groups is 1. The summed E-state index contributed by atoms with van der Waals surface area (Å²) in [6, 6.07) is 0. The fraction of sp³-hybridized carbons (Fsp3) is 0.786. The van der Waals surface area contributed by atoms with Gasteiger partial charge < -0.3 is 10.1 Å². The molecule has 0 spiro atoms. The smallest absolute Gasteiger partial charge is 0.410 e. The molecule has 104 valence electrons. The molecule has 1 amide bonds. The zero-order valence-electron chi connectivity index (χ0n) is 12.3. The Morgan fingerprint density at radius 2 is 2.06 bits per heavy atom. The van der Waals surface area contributed by atoms with Crippen LogP contribution in [-0.4, -0.2) is 36.2 Å². The van der Waals surface area contributed by atoms with Crippen LogP contribution in [-0.2, 0) is 4.74 Å². The van der Waals surface area contributed by atoms with Gasteiger partial charge in [0.25, 0.3) is 0 Å². The van der Waals surface area contributed by atoms with E-state index >= 15 is 0 Å². The third kappa shape index (κ3) is 4.59. The molecular formula is C14H26N2O2. The number of ether oxygens (including phenoxy) is 1. The maximum absolute atomic E-state index is 11.9. The van der Waals surface area contributed by atoms with Crippen molar-refractivity contribution < 1.29 is 9.53 Å². The fourth-order valence-electron chi connectivity index (χ4n) is 1.84. The number of rotatable bonds is 4. The van der Waals surface area contributed by atoms with Crippen molar-refractivity contribution in [2.75, 3.05) is 19.6 Å². The van der Waals surface area contributed by atoms with E-state index in [1.54, 1.807) is 4.90 Å². The summed E-state index contributed by atoms with van der Waals surface area (Å²) in [5.41, 5.74) is 1.98. The number of nitrogens with one attached hydrogen (secondary N) is 1. The van der Waals surface area contributed by atoms with Gasteiger partial charge >= 0.3 is 6.09 Å². The first-order valence-electron chi connectivity index (χ1n) is 6.74. The summed E-state index contributed by atoms with van der Waals surface area (Å²) in [5.74, 6) is 0. The predicted octanol–water partition coefficient (Wildman–Crippen LogP) is 2.90. The molecule has 1 heterocycles. The van der Waals surface area contributed by atoms with Crippen LogP contribution in [0.5, 0.6) is 0 Å². The first-order valence-corrected chi connectivity index (χ1v) is 6.74. The highest BCUT2D eigenvalue weighted by molar-refractivity contribution is 5.69. The topological polar surface area (TPSA) is 41.6 Å². The zero-order chi connectivity index (χ0) is 13.8. The van der Waals surface area contributed by atoms with E-state index in [2.05, 4.69) is 19.2 Å². The minimum Gasteiger partial charge on any atom is -0.444 e. The van der Waals surface area contributed by atoms with Gasteiger partial charge in [-0.05, 0) is 39.7 Å². The average Bonchev–Trinajstić information content (AvgIpc) is 2.58. The van der Waals surface area contributed by atoms with E-state index in [0.29, 0.717) is 13.1 Å². The molecule has 0 aromatic carbocycles. The first-order chi connectivity index (χ1) is 8.33. The van der Waals surface area contributed by atoms with Gasteiger partial charge in [-0.15, -0.1) is 0 Å². The third-order valence-electron chi connectivity index (χ3n) is 2.81. The Hall–Kier alpha value is -1.19. The van der Waals surface area contributed by atoms with Gasteiger partial charge in [-0.1, -0.05) is 13.3 Å². The van der Waals surface area contributed by atoms with Crippen LogP contribution >= 0.6 is 0 Å². The van der Waals surface area contributed by atoms with Crippen molar-refractivity contribution in [3.05, 3.63) is 11.3 Å². The lowest BCUT2D eigenvalue weighted by atomic mass is 10.2. The van der Waals surface area contributed by atoms with Gasteiger partial charge in [-0.2, -0.15) is 0 Å². The molecule has 1 N–H and O–H groups in total. The summed E-state index contributed by atoms with van der Waals surface area (Å²) in [6.07, 6.45) is 2.10. The molecule has 18 heavy (non-hydrogen) atoms. The monoisotopic (exact) mass is 254 g/mol. The Bertz CT molecular complexity index is 329. The lowest BCUT2D eigenvalue weighted by Crippen LogP contribution is -2.36. The van der Waals surface area contributed by atoms with E-state index in [1.165, 1.54) is 17.7 Å². The summed E-state index contributed by atoms with van der Waals surface area (Å²) in [6.45, 7) is 12.2. The molecule has 1 aliphatic heterocycles. The number of amides is 1. The molecule has 0 bridgehead atoms. The van der Waals surface area contributed by atoms with Crippen LogP contribution < -0.4 is 5.32 Å². The number of nitrogens with zero attached hydrogens (tertiary/aromatic N) is 1. The van der Waals surface area contributed by atoms with Crippen molar-refractivity contribution >= 4 is 6.09 Å². The third-order valence-corrected chi connectivity index (χ3v) is 2.81. The van der Waals surface area contributed by atoms with Crippen LogP contribution in [0.15, 0.2) is 11.3 Å². The van der Waals surface area contributed by atoms with E-state index in [4.69, 9.17) is 4.74 Å². The molecule has 0 atom stereocenters. The largest absolute Gasteiger partial charge is 0.444 e. The van der Waals surface area contributed by atoms with E-state index in [9.17, 15) is 4.79 Å². The second kappa shape index (κ2) is 6.12. The predicted molar refractivity (Wildman–Crippen MR) is 73.4 cm³/mol. The Balaban J connectivity index is 2.44. The van der Waals surface area contributed by atoms with Gasteiger partial charge in [-0.3, -0.25) is 4.90 Å². The van der Waals surface area contributed by atoms with Crippen LogP contribution in [0.1, 0.15) is 47.5 Å². The molecule has 0 radical (unpaired) electrons. The lowest BCUT2D eigenvalue weighted by molar-refractivity contribution is 0.0298. The summed E-state index contributed by atoms with van der Waals surface area (Å²) in [5, 5.41) is 3.41. The highest BCUT2D eigenvalue weighted by Gasteiger charge is 2.27. The van der Waals surface area contributed by atoms with Crippen LogP contribution in [0.3, 0.4) is 0 Å². The van der Waals surface area contributed by atoms with Gasteiger partial charge in [0.1, 0.15) is 5.60 Å². The van der Waals surface area contributed by atoms with E-state index < -0.39 is 5.60 Å². The lowest BCUT2D eigenvalue weighted by Gasteiger charge is -2.24. The van der Waals surface area contributed by atoms with Crippen molar-refractivity contribution in [3.8, 4) is 0 Å². The summed E-state index contributed by atoms with van der Waals surface area (Å²) in [4.78, 5) is 13.7. The number of unbranched alkanes of at least 4 members (excludes halogenated alkanes) is 1. The quantitative estimate of drug-likeness (QED) is 0.784. The molecular weight excluding hydrogens is 228 g/mol. The van der Waals surface area contributed by atoms with Crippen molar-refractivity contribution in [3.63, 3.8) is 0 Å². The van der Waals surface area contributed by atoms with Crippen molar-refractivity contribution in [1.82, 2.24) is 10.2 Å². The molecule has 0 aromatic rings. The average molecular weight is 254 g/mol. The maximum atomic E-state index is 11.9. The zero-order valence-corrected chi connectivity index (χ0v) is 12.3. The van der Waals surface area contributed by atoms with Gasteiger partial charge in [0.05, 0.1) is 6.54 Å². The standard InChI is InChI=1S/C14H26N2O2/c1-6-7-8-15-12-10-16(9-11(12)2)13(17)18-14(3,4)5/h15H,6-10H2,1-5H3. The minimum absolute atomic E-state index is 0.228. The number of carbonyl (C=O) groups excluding carboxylic acids is 1. The summed E-state index contributed by atoms with van der Waals surface area (Å²) < 4.78 is 5.38. The highest BCUT2D eigenvalue weighted by atomic mass is 16.6. The highest BCUT2D eigenvalue weighted by Crippen LogP contribution is 2.18. The molecule has 4 nitrogen and oxygen atoms in total. The normalized spacial score (nSPS) is 16.2. The number of hydrogen-bond donors (Lipinski definition) is 1. The van der Waals surface area contributed by atoms with E-state index in [1.807, 2.05) is 20.8 Å². The molecule has 0 saturated heterocycles. The Morgan fingerprint density at radius 3 is 2.61 bits per heavy atom.